The minimum atomic E-state index is -0.615. The summed E-state index contributed by atoms with van der Waals surface area (Å²) in [6, 6.07) is 8.80. The van der Waals surface area contributed by atoms with Gasteiger partial charge < -0.3 is 4.74 Å². The van der Waals surface area contributed by atoms with Crippen LogP contribution in [0.3, 0.4) is 0 Å². The highest BCUT2D eigenvalue weighted by atomic mass is 79.9. The van der Waals surface area contributed by atoms with Crippen LogP contribution in [0.4, 0.5) is 10.6 Å². The Morgan fingerprint density at radius 3 is 2.85 bits per heavy atom. The summed E-state index contributed by atoms with van der Waals surface area (Å²) in [7, 11) is 0. The number of ether oxygens (including phenoxy) is 1. The maximum absolute atomic E-state index is 11.8. The number of para-hydroxylation sites is 1. The van der Waals surface area contributed by atoms with Gasteiger partial charge in [0.05, 0.1) is 6.20 Å². The summed E-state index contributed by atoms with van der Waals surface area (Å²) in [6.07, 6.45) is 4.34. The van der Waals surface area contributed by atoms with E-state index in [9.17, 15) is 4.79 Å². The highest BCUT2D eigenvalue weighted by Gasteiger charge is 2.11. The number of aromatic nitrogens is 3. The number of carbonyl (C=O) groups is 1. The van der Waals surface area contributed by atoms with E-state index in [-0.39, 0.29) is 0 Å². The topological polar surface area (TPSA) is 68.5 Å². The van der Waals surface area contributed by atoms with E-state index >= 15 is 0 Å². The van der Waals surface area contributed by atoms with Gasteiger partial charge in [-0.15, -0.1) is 0 Å². The smallest absolute Gasteiger partial charge is 0.410 e. The molecule has 3 rings (SSSR count). The van der Waals surface area contributed by atoms with E-state index < -0.39 is 6.09 Å². The lowest BCUT2D eigenvalue weighted by atomic mass is 10.3. The molecule has 2 heterocycles. The van der Waals surface area contributed by atoms with Crippen molar-refractivity contribution in [1.82, 2.24) is 14.4 Å². The molecule has 1 N–H and O–H groups in total. The molecule has 0 aliphatic rings. The van der Waals surface area contributed by atoms with Crippen molar-refractivity contribution < 1.29 is 9.53 Å². The second-order valence-electron chi connectivity index (χ2n) is 3.88. The van der Waals surface area contributed by atoms with E-state index in [0.717, 1.165) is 4.60 Å². The maximum Gasteiger partial charge on any atom is 0.418 e. The number of halogens is 1. The van der Waals surface area contributed by atoms with Crippen LogP contribution in [-0.4, -0.2) is 20.5 Å². The number of hydrogen-bond acceptors (Lipinski definition) is 4. The zero-order chi connectivity index (χ0) is 13.9. The van der Waals surface area contributed by atoms with Gasteiger partial charge in [-0.1, -0.05) is 18.2 Å². The molecule has 0 radical (unpaired) electrons. The van der Waals surface area contributed by atoms with Crippen LogP contribution in [0.2, 0.25) is 0 Å². The molecule has 0 aliphatic carbocycles. The molecule has 7 heteroatoms. The first-order chi connectivity index (χ1) is 9.74. The first-order valence-corrected chi connectivity index (χ1v) is 6.55. The Labute approximate surface area is 122 Å². The van der Waals surface area contributed by atoms with E-state index in [4.69, 9.17) is 4.74 Å². The van der Waals surface area contributed by atoms with Crippen molar-refractivity contribution in [3.05, 3.63) is 53.5 Å². The van der Waals surface area contributed by atoms with Crippen molar-refractivity contribution in [3.63, 3.8) is 0 Å². The van der Waals surface area contributed by atoms with Crippen LogP contribution in [0.5, 0.6) is 5.75 Å². The minimum absolute atomic E-state index is 0.333. The second-order valence-corrected chi connectivity index (χ2v) is 4.69. The van der Waals surface area contributed by atoms with E-state index in [0.29, 0.717) is 17.2 Å². The molecule has 0 aliphatic heterocycles. The molecular formula is C13H9BrN4O2. The number of nitrogens with one attached hydrogen (secondary N) is 1. The van der Waals surface area contributed by atoms with E-state index in [1.807, 2.05) is 6.07 Å². The number of rotatable bonds is 2. The Morgan fingerprint density at radius 2 is 2.05 bits per heavy atom. The summed E-state index contributed by atoms with van der Waals surface area (Å²) in [5.74, 6) is 0.792. The Morgan fingerprint density at radius 1 is 1.25 bits per heavy atom. The molecule has 0 fully saturated rings. The number of nitrogens with zero attached hydrogens (tertiary/aromatic N) is 3. The number of carbonyl (C=O) groups excluding carboxylic acids is 1. The Kier molecular flexibility index (Phi) is 3.34. The van der Waals surface area contributed by atoms with Crippen LogP contribution in [0, 0.1) is 0 Å². The molecule has 1 aromatic carbocycles. The quantitative estimate of drug-likeness (QED) is 0.782. The van der Waals surface area contributed by atoms with Gasteiger partial charge in [0.2, 0.25) is 0 Å². The van der Waals surface area contributed by atoms with Crippen molar-refractivity contribution in [1.29, 1.82) is 0 Å². The van der Waals surface area contributed by atoms with E-state index in [1.165, 1.54) is 0 Å². The SMILES string of the molecule is O=C(Nc1ncc(Br)n2ccnc12)Oc1ccccc1. The molecule has 6 nitrogen and oxygen atoms in total. The molecule has 0 atom stereocenters. The molecule has 0 saturated carbocycles. The van der Waals surface area contributed by atoms with Gasteiger partial charge >= 0.3 is 6.09 Å². The first kappa shape index (κ1) is 12.6. The number of imidazole rings is 1. The summed E-state index contributed by atoms with van der Waals surface area (Å²) >= 11 is 3.35. The fraction of sp³-hybridized carbons (Fsp3) is 0. The van der Waals surface area contributed by atoms with Crippen molar-refractivity contribution >= 4 is 33.5 Å². The van der Waals surface area contributed by atoms with Crippen LogP contribution in [0.25, 0.3) is 5.65 Å². The van der Waals surface area contributed by atoms with Crippen LogP contribution in [0.15, 0.2) is 53.5 Å². The summed E-state index contributed by atoms with van der Waals surface area (Å²) in [5.41, 5.74) is 0.532. The van der Waals surface area contributed by atoms with Gasteiger partial charge in [-0.2, -0.15) is 0 Å². The van der Waals surface area contributed by atoms with Crippen molar-refractivity contribution in [2.75, 3.05) is 5.32 Å². The molecule has 100 valence electrons. The monoisotopic (exact) mass is 332 g/mol. The predicted octanol–water partition coefficient (Wildman–Crippen LogP) is 3.10. The maximum atomic E-state index is 11.8. The number of fused-ring (bicyclic) bond motifs is 1. The normalized spacial score (nSPS) is 10.4. The molecule has 1 amide bonds. The summed E-state index contributed by atoms with van der Waals surface area (Å²) < 4.78 is 7.63. The lowest BCUT2D eigenvalue weighted by Gasteiger charge is -2.07. The van der Waals surface area contributed by atoms with Crippen LogP contribution < -0.4 is 10.1 Å². The third-order valence-electron chi connectivity index (χ3n) is 2.56. The lowest BCUT2D eigenvalue weighted by molar-refractivity contribution is 0.215. The summed E-state index contributed by atoms with van der Waals surface area (Å²) in [5, 5.41) is 2.57. The molecule has 2 aromatic heterocycles. The van der Waals surface area contributed by atoms with Crippen molar-refractivity contribution in [2.45, 2.75) is 0 Å². The molecule has 0 spiro atoms. The molecule has 0 unspecified atom stereocenters. The Balaban J connectivity index is 1.81. The minimum Gasteiger partial charge on any atom is -0.410 e. The highest BCUT2D eigenvalue weighted by Crippen LogP contribution is 2.18. The Bertz CT molecular complexity index is 757. The number of anilines is 1. The third-order valence-corrected chi connectivity index (χ3v) is 3.14. The largest absolute Gasteiger partial charge is 0.418 e. The second kappa shape index (κ2) is 5.30. The third kappa shape index (κ3) is 2.48. The van der Waals surface area contributed by atoms with Crippen LogP contribution in [-0.2, 0) is 0 Å². The van der Waals surface area contributed by atoms with E-state index in [2.05, 4.69) is 31.2 Å². The summed E-state index contributed by atoms with van der Waals surface area (Å²) in [6.45, 7) is 0. The highest BCUT2D eigenvalue weighted by molar-refractivity contribution is 9.10. The number of amides is 1. The molecular weight excluding hydrogens is 324 g/mol. The van der Waals surface area contributed by atoms with Gasteiger partial charge in [-0.3, -0.25) is 9.72 Å². The van der Waals surface area contributed by atoms with Gasteiger partial charge in [-0.05, 0) is 28.1 Å². The van der Waals surface area contributed by atoms with Gasteiger partial charge in [-0.25, -0.2) is 14.8 Å². The molecule has 0 saturated heterocycles. The number of benzene rings is 1. The number of hydrogen-bond donors (Lipinski definition) is 1. The fourth-order valence-corrected chi connectivity index (χ4v) is 2.08. The van der Waals surface area contributed by atoms with E-state index in [1.54, 1.807) is 47.3 Å². The first-order valence-electron chi connectivity index (χ1n) is 5.75. The molecule has 3 aromatic rings. The van der Waals surface area contributed by atoms with Crippen molar-refractivity contribution in [3.8, 4) is 5.75 Å². The standard InChI is InChI=1S/C13H9BrN4O2/c14-10-8-16-11(12-15-6-7-18(10)12)17-13(19)20-9-4-2-1-3-5-9/h1-8H,(H,16,17,19). The molecule has 0 bridgehead atoms. The molecule has 20 heavy (non-hydrogen) atoms. The summed E-state index contributed by atoms with van der Waals surface area (Å²) in [4.78, 5) is 20.1. The van der Waals surface area contributed by atoms with Gasteiger partial charge in [0.25, 0.3) is 0 Å². The zero-order valence-electron chi connectivity index (χ0n) is 10.2. The van der Waals surface area contributed by atoms with Gasteiger partial charge in [0.15, 0.2) is 11.5 Å². The average Bonchev–Trinajstić information content (AvgIpc) is 2.93. The van der Waals surface area contributed by atoms with Crippen molar-refractivity contribution in [2.24, 2.45) is 0 Å². The Hall–Kier alpha value is -2.41. The van der Waals surface area contributed by atoms with Gasteiger partial charge in [0.1, 0.15) is 10.4 Å². The average molecular weight is 333 g/mol. The van der Waals surface area contributed by atoms with Crippen LogP contribution >= 0.6 is 15.9 Å². The van der Waals surface area contributed by atoms with Gasteiger partial charge in [0, 0.05) is 12.4 Å². The zero-order valence-corrected chi connectivity index (χ0v) is 11.7. The fourth-order valence-electron chi connectivity index (χ4n) is 1.69. The van der Waals surface area contributed by atoms with Crippen LogP contribution in [0.1, 0.15) is 0 Å². The lowest BCUT2D eigenvalue weighted by Crippen LogP contribution is -2.18. The predicted molar refractivity (Wildman–Crippen MR) is 76.8 cm³/mol.